The van der Waals surface area contributed by atoms with Crippen LogP contribution in [-0.4, -0.2) is 17.9 Å². The second-order valence-corrected chi connectivity index (χ2v) is 7.88. The van der Waals surface area contributed by atoms with Gasteiger partial charge < -0.3 is 4.74 Å². The SMILES string of the molecule is CCC1(CC)OC2(CCC(C)(C)C2)NCC1(C)C. The monoisotopic (exact) mass is 253 g/mol. The largest absolute Gasteiger partial charge is 0.354 e. The minimum atomic E-state index is -0.0506. The van der Waals surface area contributed by atoms with Gasteiger partial charge in [0.1, 0.15) is 5.72 Å². The Labute approximate surface area is 113 Å². The Kier molecular flexibility index (Phi) is 3.35. The predicted molar refractivity (Wildman–Crippen MR) is 76.5 cm³/mol. The lowest BCUT2D eigenvalue weighted by molar-refractivity contribution is -0.254. The first kappa shape index (κ1) is 14.3. The molecule has 0 aromatic rings. The molecule has 0 amide bonds. The third-order valence-electron chi connectivity index (χ3n) is 5.59. The maximum atomic E-state index is 6.76. The second kappa shape index (κ2) is 4.21. The van der Waals surface area contributed by atoms with E-state index in [2.05, 4.69) is 46.9 Å². The highest BCUT2D eigenvalue weighted by molar-refractivity contribution is 5.05. The Balaban J connectivity index is 2.26. The Morgan fingerprint density at radius 3 is 2.06 bits per heavy atom. The molecule has 1 aliphatic carbocycles. The van der Waals surface area contributed by atoms with Crippen molar-refractivity contribution in [2.45, 2.75) is 85.0 Å². The van der Waals surface area contributed by atoms with Gasteiger partial charge in [-0.1, -0.05) is 41.5 Å². The van der Waals surface area contributed by atoms with E-state index in [-0.39, 0.29) is 16.7 Å². The summed E-state index contributed by atoms with van der Waals surface area (Å²) in [5.74, 6) is 0. The van der Waals surface area contributed by atoms with Crippen LogP contribution in [0.4, 0.5) is 0 Å². The van der Waals surface area contributed by atoms with Gasteiger partial charge in [0.15, 0.2) is 0 Å². The first-order chi connectivity index (χ1) is 8.20. The van der Waals surface area contributed by atoms with Crippen molar-refractivity contribution in [2.24, 2.45) is 10.8 Å². The van der Waals surface area contributed by atoms with E-state index in [0.717, 1.165) is 32.2 Å². The van der Waals surface area contributed by atoms with Crippen molar-refractivity contribution in [1.29, 1.82) is 0 Å². The number of hydrogen-bond acceptors (Lipinski definition) is 2. The molecule has 2 fully saturated rings. The van der Waals surface area contributed by atoms with Gasteiger partial charge in [0.05, 0.1) is 5.60 Å². The molecule has 1 spiro atoms. The molecule has 0 bridgehead atoms. The lowest BCUT2D eigenvalue weighted by Gasteiger charge is -2.56. The van der Waals surface area contributed by atoms with Gasteiger partial charge in [0, 0.05) is 12.0 Å². The smallest absolute Gasteiger partial charge is 0.120 e. The molecule has 1 atom stereocenters. The molecule has 1 saturated carbocycles. The maximum Gasteiger partial charge on any atom is 0.120 e. The lowest BCUT2D eigenvalue weighted by Crippen LogP contribution is -2.66. The number of nitrogens with one attached hydrogen (secondary N) is 1. The van der Waals surface area contributed by atoms with Crippen molar-refractivity contribution in [3.8, 4) is 0 Å². The highest BCUT2D eigenvalue weighted by atomic mass is 16.5. The molecular formula is C16H31NO. The first-order valence-electron chi connectivity index (χ1n) is 7.65. The van der Waals surface area contributed by atoms with Crippen LogP contribution >= 0.6 is 0 Å². The van der Waals surface area contributed by atoms with Gasteiger partial charge in [0.2, 0.25) is 0 Å². The van der Waals surface area contributed by atoms with Crippen LogP contribution in [0.25, 0.3) is 0 Å². The normalized spacial score (nSPS) is 37.0. The fourth-order valence-corrected chi connectivity index (χ4v) is 4.17. The van der Waals surface area contributed by atoms with Gasteiger partial charge >= 0.3 is 0 Å². The first-order valence-corrected chi connectivity index (χ1v) is 7.65. The molecular weight excluding hydrogens is 222 g/mol. The molecule has 0 aromatic heterocycles. The highest BCUT2D eigenvalue weighted by Gasteiger charge is 2.56. The summed E-state index contributed by atoms with van der Waals surface area (Å²) in [4.78, 5) is 0. The van der Waals surface area contributed by atoms with Crippen LogP contribution in [0.5, 0.6) is 0 Å². The van der Waals surface area contributed by atoms with Gasteiger partial charge in [-0.15, -0.1) is 0 Å². The summed E-state index contributed by atoms with van der Waals surface area (Å²) in [6.45, 7) is 15.1. The standard InChI is InChI=1S/C16H31NO/c1-7-15(8-2)14(5,6)12-17-16(18-15)10-9-13(3,4)11-16/h17H,7-12H2,1-6H3. The molecule has 106 valence electrons. The molecule has 0 radical (unpaired) electrons. The molecule has 1 N–H and O–H groups in total. The Hall–Kier alpha value is -0.0800. The molecule has 2 aliphatic rings. The van der Waals surface area contributed by atoms with E-state index in [1.165, 1.54) is 6.42 Å². The van der Waals surface area contributed by atoms with E-state index in [9.17, 15) is 0 Å². The fourth-order valence-electron chi connectivity index (χ4n) is 4.17. The van der Waals surface area contributed by atoms with Gasteiger partial charge in [0.25, 0.3) is 0 Å². The van der Waals surface area contributed by atoms with E-state index < -0.39 is 0 Å². The van der Waals surface area contributed by atoms with E-state index in [4.69, 9.17) is 4.74 Å². The Morgan fingerprint density at radius 2 is 1.61 bits per heavy atom. The number of ether oxygens (including phenoxy) is 1. The van der Waals surface area contributed by atoms with E-state index >= 15 is 0 Å². The third-order valence-corrected chi connectivity index (χ3v) is 5.59. The summed E-state index contributed by atoms with van der Waals surface area (Å²) in [6, 6.07) is 0. The summed E-state index contributed by atoms with van der Waals surface area (Å²) in [6.07, 6.45) is 5.81. The average molecular weight is 253 g/mol. The molecule has 1 heterocycles. The minimum Gasteiger partial charge on any atom is -0.354 e. The summed E-state index contributed by atoms with van der Waals surface area (Å²) in [7, 11) is 0. The van der Waals surface area contributed by atoms with Crippen molar-refractivity contribution in [1.82, 2.24) is 5.32 Å². The molecule has 0 aromatic carbocycles. The number of hydrogen-bond donors (Lipinski definition) is 1. The van der Waals surface area contributed by atoms with Gasteiger partial charge in [-0.25, -0.2) is 0 Å². The zero-order valence-electron chi connectivity index (χ0n) is 13.2. The Morgan fingerprint density at radius 1 is 1.00 bits per heavy atom. The number of rotatable bonds is 2. The van der Waals surface area contributed by atoms with Crippen LogP contribution in [0.1, 0.15) is 73.6 Å². The average Bonchev–Trinajstić information content (AvgIpc) is 2.59. The van der Waals surface area contributed by atoms with Crippen LogP contribution < -0.4 is 5.32 Å². The van der Waals surface area contributed by atoms with E-state index in [1.807, 2.05) is 0 Å². The molecule has 1 unspecified atom stereocenters. The molecule has 1 aliphatic heterocycles. The molecule has 2 heteroatoms. The fraction of sp³-hybridized carbons (Fsp3) is 1.00. The van der Waals surface area contributed by atoms with Gasteiger partial charge in [-0.3, -0.25) is 5.32 Å². The molecule has 18 heavy (non-hydrogen) atoms. The van der Waals surface area contributed by atoms with Crippen molar-refractivity contribution in [3.05, 3.63) is 0 Å². The van der Waals surface area contributed by atoms with Crippen LogP contribution in [0.15, 0.2) is 0 Å². The summed E-state index contributed by atoms with van der Waals surface area (Å²) in [5, 5.41) is 3.74. The summed E-state index contributed by atoms with van der Waals surface area (Å²) < 4.78 is 6.76. The van der Waals surface area contributed by atoms with Crippen molar-refractivity contribution < 1.29 is 4.74 Å². The van der Waals surface area contributed by atoms with E-state index in [1.54, 1.807) is 0 Å². The second-order valence-electron chi connectivity index (χ2n) is 7.88. The summed E-state index contributed by atoms with van der Waals surface area (Å²) >= 11 is 0. The van der Waals surface area contributed by atoms with Gasteiger partial charge in [-0.2, -0.15) is 0 Å². The summed E-state index contributed by atoms with van der Waals surface area (Å²) in [5.41, 5.74) is 0.625. The van der Waals surface area contributed by atoms with Crippen LogP contribution in [0.3, 0.4) is 0 Å². The minimum absolute atomic E-state index is 0.0403. The predicted octanol–water partition coefficient (Wildman–Crippen LogP) is 4.10. The van der Waals surface area contributed by atoms with Crippen LogP contribution in [0, 0.1) is 10.8 Å². The zero-order chi connectivity index (χ0) is 13.7. The molecule has 1 saturated heterocycles. The molecule has 2 nitrogen and oxygen atoms in total. The zero-order valence-corrected chi connectivity index (χ0v) is 13.2. The lowest BCUT2D eigenvalue weighted by atomic mass is 9.69. The van der Waals surface area contributed by atoms with Crippen LogP contribution in [0.2, 0.25) is 0 Å². The topological polar surface area (TPSA) is 21.3 Å². The quantitative estimate of drug-likeness (QED) is 0.800. The van der Waals surface area contributed by atoms with Crippen molar-refractivity contribution >= 4 is 0 Å². The third kappa shape index (κ3) is 2.12. The van der Waals surface area contributed by atoms with Crippen molar-refractivity contribution in [3.63, 3.8) is 0 Å². The Bertz CT molecular complexity index is 317. The molecule has 2 rings (SSSR count). The van der Waals surface area contributed by atoms with Gasteiger partial charge in [-0.05, 0) is 37.5 Å². The highest BCUT2D eigenvalue weighted by Crippen LogP contribution is 2.52. The van der Waals surface area contributed by atoms with E-state index in [0.29, 0.717) is 5.41 Å². The van der Waals surface area contributed by atoms with Crippen molar-refractivity contribution in [2.75, 3.05) is 6.54 Å². The van der Waals surface area contributed by atoms with Crippen LogP contribution in [-0.2, 0) is 4.74 Å². The maximum absolute atomic E-state index is 6.76.